The maximum atomic E-state index is 15.2. The monoisotopic (exact) mass is 489 g/mol. The molecule has 2 aromatic carbocycles. The van der Waals surface area contributed by atoms with Gasteiger partial charge in [-0.3, -0.25) is 24.2 Å². The number of aryl methyl sites for hydroxylation is 1. The van der Waals surface area contributed by atoms with Gasteiger partial charge in [0.2, 0.25) is 11.8 Å². The van der Waals surface area contributed by atoms with Gasteiger partial charge < -0.3 is 10.5 Å². The van der Waals surface area contributed by atoms with Crippen LogP contribution in [0.1, 0.15) is 12.8 Å². The molecule has 0 saturated heterocycles. The van der Waals surface area contributed by atoms with Crippen LogP contribution >= 0.6 is 0 Å². The molecule has 0 atom stereocenters. The van der Waals surface area contributed by atoms with Crippen LogP contribution in [0.3, 0.4) is 0 Å². The van der Waals surface area contributed by atoms with E-state index in [4.69, 9.17) is 10.5 Å². The van der Waals surface area contributed by atoms with Gasteiger partial charge in [-0.05, 0) is 49.2 Å². The molecule has 10 heteroatoms. The van der Waals surface area contributed by atoms with Crippen molar-refractivity contribution in [3.8, 4) is 22.8 Å². The smallest absolute Gasteiger partial charge is 0.247 e. The molecule has 1 aliphatic carbocycles. The Morgan fingerprint density at radius 2 is 1.86 bits per heavy atom. The van der Waals surface area contributed by atoms with Crippen molar-refractivity contribution in [1.29, 1.82) is 0 Å². The first kappa shape index (κ1) is 23.2. The highest BCUT2D eigenvalue weighted by atomic mass is 19.1. The topological polar surface area (TPSA) is 103 Å². The normalized spacial score (nSPS) is 13.8. The molecule has 0 bridgehead atoms. The second-order valence-electron chi connectivity index (χ2n) is 8.56. The molecule has 4 aromatic rings. The molecule has 0 radical (unpaired) electrons. The number of rotatable bonds is 7. The van der Waals surface area contributed by atoms with Crippen molar-refractivity contribution in [3.63, 3.8) is 0 Å². The number of nitrogens with zero attached hydrogens (tertiary/aromatic N) is 4. The summed E-state index contributed by atoms with van der Waals surface area (Å²) < 4.78 is 36.6. The summed E-state index contributed by atoms with van der Waals surface area (Å²) in [6.45, 7) is 0. The van der Waals surface area contributed by atoms with Crippen LogP contribution in [0.4, 0.5) is 20.2 Å². The average molecular weight is 489 g/mol. The zero-order valence-corrected chi connectivity index (χ0v) is 19.2. The lowest BCUT2D eigenvalue weighted by atomic mass is 10.0. The predicted octanol–water partition coefficient (Wildman–Crippen LogP) is 4.48. The van der Waals surface area contributed by atoms with Crippen molar-refractivity contribution < 1.29 is 23.1 Å². The summed E-state index contributed by atoms with van der Waals surface area (Å²) in [4.78, 5) is 30.8. The van der Waals surface area contributed by atoms with Crippen LogP contribution in [0.2, 0.25) is 0 Å². The van der Waals surface area contributed by atoms with Gasteiger partial charge in [-0.25, -0.2) is 8.78 Å². The Morgan fingerprint density at radius 1 is 1.08 bits per heavy atom. The van der Waals surface area contributed by atoms with E-state index in [1.54, 1.807) is 36.3 Å². The first-order chi connectivity index (χ1) is 17.3. The quantitative estimate of drug-likeness (QED) is 0.386. The molecule has 1 saturated carbocycles. The highest BCUT2D eigenvalue weighted by Gasteiger charge is 2.57. The number of benzene rings is 2. The van der Waals surface area contributed by atoms with Gasteiger partial charge in [0.25, 0.3) is 0 Å². The van der Waals surface area contributed by atoms with Crippen molar-refractivity contribution in [1.82, 2.24) is 14.8 Å². The van der Waals surface area contributed by atoms with Gasteiger partial charge in [0.1, 0.15) is 17.0 Å². The molecule has 2 N–H and O–H groups in total. The van der Waals surface area contributed by atoms with Crippen molar-refractivity contribution >= 4 is 23.2 Å². The lowest BCUT2D eigenvalue weighted by Gasteiger charge is -2.26. The molecule has 5 rings (SSSR count). The average Bonchev–Trinajstić information content (AvgIpc) is 3.56. The summed E-state index contributed by atoms with van der Waals surface area (Å²) in [6, 6.07) is 12.4. The first-order valence-electron chi connectivity index (χ1n) is 11.1. The number of anilines is 2. The van der Waals surface area contributed by atoms with Crippen LogP contribution in [-0.2, 0) is 16.6 Å². The molecule has 1 fully saturated rings. The fraction of sp³-hybridized carbons (Fsp3) is 0.154. The summed E-state index contributed by atoms with van der Waals surface area (Å²) in [5.74, 6) is -2.49. The molecule has 0 unspecified atom stereocenters. The van der Waals surface area contributed by atoms with Gasteiger partial charge in [-0.2, -0.15) is 5.10 Å². The molecular weight excluding hydrogens is 468 g/mol. The van der Waals surface area contributed by atoms with E-state index in [2.05, 4.69) is 10.1 Å². The number of aromatic nitrogens is 3. The molecule has 182 valence electrons. The van der Waals surface area contributed by atoms with Gasteiger partial charge in [0.05, 0.1) is 23.3 Å². The minimum atomic E-state index is -1.39. The molecule has 0 aliphatic heterocycles. The maximum absolute atomic E-state index is 15.2. The van der Waals surface area contributed by atoms with Gasteiger partial charge in [0, 0.05) is 37.1 Å². The van der Waals surface area contributed by atoms with E-state index >= 15 is 4.39 Å². The predicted molar refractivity (Wildman–Crippen MR) is 127 cm³/mol. The number of carbonyl (C=O) groups excluding carboxylic acids is 2. The largest absolute Gasteiger partial charge is 0.454 e. The van der Waals surface area contributed by atoms with Crippen LogP contribution in [0.15, 0.2) is 73.2 Å². The summed E-state index contributed by atoms with van der Waals surface area (Å²) in [7, 11) is 1.78. The summed E-state index contributed by atoms with van der Waals surface area (Å²) >= 11 is 0. The zero-order chi connectivity index (χ0) is 25.4. The standard InChI is InChI=1S/C26H21F2N5O3/c1-32-15-16(14-31-32)22-13-20(7-10-30-22)36-23-6-5-19(12-21(23)28)33(18-4-2-3-17(27)11-18)25(35)26(8-9-26)24(29)34/h2-7,10-15H,8-9H2,1H3,(H2,29,34). The Labute approximate surface area is 204 Å². The molecule has 36 heavy (non-hydrogen) atoms. The Balaban J connectivity index is 1.47. The molecule has 1 aliphatic rings. The summed E-state index contributed by atoms with van der Waals surface area (Å²) in [6.07, 6.45) is 5.53. The van der Waals surface area contributed by atoms with Crippen molar-refractivity contribution in [2.75, 3.05) is 4.90 Å². The number of hydrogen-bond acceptors (Lipinski definition) is 5. The lowest BCUT2D eigenvalue weighted by molar-refractivity contribution is -0.133. The Kier molecular flexibility index (Phi) is 5.71. The van der Waals surface area contributed by atoms with Gasteiger partial charge >= 0.3 is 0 Å². The zero-order valence-electron chi connectivity index (χ0n) is 19.2. The molecule has 0 spiro atoms. The molecule has 2 heterocycles. The summed E-state index contributed by atoms with van der Waals surface area (Å²) in [5, 5.41) is 4.12. The first-order valence-corrected chi connectivity index (χ1v) is 11.1. The van der Waals surface area contributed by atoms with Gasteiger partial charge in [-0.1, -0.05) is 6.07 Å². The number of primary amides is 1. The van der Waals surface area contributed by atoms with E-state index in [1.165, 1.54) is 36.5 Å². The number of nitrogens with two attached hydrogens (primary N) is 1. The fourth-order valence-electron chi connectivity index (χ4n) is 3.93. The highest BCUT2D eigenvalue weighted by molar-refractivity contribution is 6.16. The van der Waals surface area contributed by atoms with Crippen molar-refractivity contribution in [2.24, 2.45) is 18.2 Å². The third-order valence-electron chi connectivity index (χ3n) is 6.03. The van der Waals surface area contributed by atoms with Crippen molar-refractivity contribution in [2.45, 2.75) is 12.8 Å². The Hall–Kier alpha value is -4.60. The number of hydrogen-bond donors (Lipinski definition) is 1. The molecule has 8 nitrogen and oxygen atoms in total. The Morgan fingerprint density at radius 3 is 2.50 bits per heavy atom. The number of ether oxygens (including phenoxy) is 1. The molecular formula is C26H21F2N5O3. The Bertz CT molecular complexity index is 1480. The second-order valence-corrected chi connectivity index (χ2v) is 8.56. The van der Waals surface area contributed by atoms with E-state index in [0.29, 0.717) is 11.4 Å². The van der Waals surface area contributed by atoms with Crippen LogP contribution in [0, 0.1) is 17.0 Å². The number of halogens is 2. The third-order valence-corrected chi connectivity index (χ3v) is 6.03. The van der Waals surface area contributed by atoms with Crippen molar-refractivity contribution in [3.05, 3.63) is 84.8 Å². The minimum absolute atomic E-state index is 0.0928. The second kappa shape index (κ2) is 8.88. The van der Waals surface area contributed by atoms with Gasteiger partial charge in [-0.15, -0.1) is 0 Å². The lowest BCUT2D eigenvalue weighted by Crippen LogP contribution is -2.41. The maximum Gasteiger partial charge on any atom is 0.247 e. The third kappa shape index (κ3) is 4.28. The van der Waals surface area contributed by atoms with E-state index in [-0.39, 0.29) is 30.0 Å². The molecule has 2 aromatic heterocycles. The molecule has 2 amide bonds. The van der Waals surface area contributed by atoms with E-state index in [1.807, 2.05) is 0 Å². The minimum Gasteiger partial charge on any atom is -0.454 e. The van der Waals surface area contributed by atoms with E-state index < -0.39 is 28.9 Å². The van der Waals surface area contributed by atoms with E-state index in [0.717, 1.165) is 22.6 Å². The fourth-order valence-corrected chi connectivity index (χ4v) is 3.93. The van der Waals surface area contributed by atoms with Gasteiger partial charge in [0.15, 0.2) is 11.6 Å². The van der Waals surface area contributed by atoms with Crippen LogP contribution in [0.25, 0.3) is 11.3 Å². The van der Waals surface area contributed by atoms with Crippen LogP contribution in [0.5, 0.6) is 11.5 Å². The number of carbonyl (C=O) groups is 2. The number of pyridine rings is 1. The van der Waals surface area contributed by atoms with Crippen LogP contribution < -0.4 is 15.4 Å². The number of amides is 2. The SMILES string of the molecule is Cn1cc(-c2cc(Oc3ccc(N(C(=O)C4(C(N)=O)CC4)c4cccc(F)c4)cc3F)ccn2)cn1. The van der Waals surface area contributed by atoms with E-state index in [9.17, 15) is 14.0 Å². The summed E-state index contributed by atoms with van der Waals surface area (Å²) in [5.41, 5.74) is 5.72. The highest BCUT2D eigenvalue weighted by Crippen LogP contribution is 2.49. The van der Waals surface area contributed by atoms with Crippen LogP contribution in [-0.4, -0.2) is 26.6 Å².